The maximum Gasteiger partial charge on any atom is 0.217 e. The fourth-order valence-electron chi connectivity index (χ4n) is 7.65. The number of rotatable bonds is 1. The predicted molar refractivity (Wildman–Crippen MR) is 95.3 cm³/mol. The Labute approximate surface area is 147 Å². The van der Waals surface area contributed by atoms with Gasteiger partial charge in [-0.2, -0.15) is 0 Å². The Balaban J connectivity index is 1.53. The summed E-state index contributed by atoms with van der Waals surface area (Å²) in [4.78, 5) is 11.4. The molecule has 1 amide bonds. The highest BCUT2D eigenvalue weighted by Gasteiger charge is 2.59. The van der Waals surface area contributed by atoms with Crippen molar-refractivity contribution in [3.8, 4) is 0 Å². The number of aliphatic hydroxyl groups is 1. The van der Waals surface area contributed by atoms with E-state index in [0.717, 1.165) is 36.5 Å². The van der Waals surface area contributed by atoms with Gasteiger partial charge in [0.1, 0.15) is 0 Å². The summed E-state index contributed by atoms with van der Waals surface area (Å²) in [6.45, 7) is 6.58. The first-order valence-electron chi connectivity index (χ1n) is 10.3. The first-order chi connectivity index (χ1) is 11.3. The molecule has 0 aromatic rings. The second-order valence-electron chi connectivity index (χ2n) is 9.97. The second-order valence-corrected chi connectivity index (χ2v) is 9.97. The van der Waals surface area contributed by atoms with Crippen molar-refractivity contribution < 1.29 is 9.90 Å². The van der Waals surface area contributed by atoms with Gasteiger partial charge in [-0.3, -0.25) is 4.79 Å². The molecule has 0 bridgehead atoms. The summed E-state index contributed by atoms with van der Waals surface area (Å²) in [6.07, 6.45) is 11.0. The summed E-state index contributed by atoms with van der Waals surface area (Å²) in [5.41, 5.74) is 0.657. The van der Waals surface area contributed by atoms with Gasteiger partial charge in [-0.25, -0.2) is 0 Å². The number of carbonyl (C=O) groups is 1. The van der Waals surface area contributed by atoms with Crippen molar-refractivity contribution in [1.29, 1.82) is 0 Å². The molecule has 0 aromatic carbocycles. The monoisotopic (exact) mass is 333 g/mol. The molecule has 4 aliphatic rings. The first kappa shape index (κ1) is 16.9. The molecule has 0 saturated heterocycles. The van der Waals surface area contributed by atoms with E-state index in [1.165, 1.54) is 44.9 Å². The molecule has 4 aliphatic carbocycles. The van der Waals surface area contributed by atoms with Gasteiger partial charge in [0.15, 0.2) is 0 Å². The third-order valence-electron chi connectivity index (χ3n) is 9.02. The largest absolute Gasteiger partial charge is 0.393 e. The summed E-state index contributed by atoms with van der Waals surface area (Å²) < 4.78 is 0. The van der Waals surface area contributed by atoms with Crippen molar-refractivity contribution in [2.24, 2.45) is 34.5 Å². The Kier molecular flexibility index (Phi) is 4.02. The molecule has 0 spiro atoms. The molecule has 8 atom stereocenters. The average molecular weight is 334 g/mol. The molecule has 0 radical (unpaired) electrons. The quantitative estimate of drug-likeness (QED) is 0.765. The summed E-state index contributed by atoms with van der Waals surface area (Å²) in [6, 6.07) is 0.402. The zero-order chi connectivity index (χ0) is 17.1. The van der Waals surface area contributed by atoms with Gasteiger partial charge >= 0.3 is 0 Å². The van der Waals surface area contributed by atoms with Crippen molar-refractivity contribution in [1.82, 2.24) is 5.32 Å². The zero-order valence-electron chi connectivity index (χ0n) is 15.7. The highest BCUT2D eigenvalue weighted by Crippen LogP contribution is 2.66. The standard InChI is InChI=1S/C21H35NO2/c1-13(23)22-15-8-10-20(2)14(12-15)4-5-16-17-6-7-19(24)21(17,3)11-9-18(16)20/h14-19,24H,4-12H2,1-3H3,(H,22,23)/t14-,15-,16+,17+,18+,19+,20+,21+/m1/s1. The van der Waals surface area contributed by atoms with E-state index in [-0.39, 0.29) is 17.4 Å². The summed E-state index contributed by atoms with van der Waals surface area (Å²) in [7, 11) is 0. The molecule has 2 N–H and O–H groups in total. The van der Waals surface area contributed by atoms with Crippen LogP contribution in [0.4, 0.5) is 0 Å². The van der Waals surface area contributed by atoms with Crippen molar-refractivity contribution >= 4 is 5.91 Å². The van der Waals surface area contributed by atoms with Gasteiger partial charge in [-0.05, 0) is 92.3 Å². The molecule has 3 nitrogen and oxygen atoms in total. The van der Waals surface area contributed by atoms with Crippen LogP contribution in [0, 0.1) is 34.5 Å². The summed E-state index contributed by atoms with van der Waals surface area (Å²) in [5.74, 6) is 3.33. The van der Waals surface area contributed by atoms with Gasteiger partial charge in [0, 0.05) is 13.0 Å². The molecule has 4 fully saturated rings. The number of carbonyl (C=O) groups excluding carboxylic acids is 1. The summed E-state index contributed by atoms with van der Waals surface area (Å²) in [5, 5.41) is 13.7. The first-order valence-corrected chi connectivity index (χ1v) is 10.3. The normalized spacial score (nSPS) is 53.7. The fraction of sp³-hybridized carbons (Fsp3) is 0.952. The van der Waals surface area contributed by atoms with Crippen LogP contribution in [0.15, 0.2) is 0 Å². The molecule has 0 heterocycles. The molecule has 24 heavy (non-hydrogen) atoms. The minimum Gasteiger partial charge on any atom is -0.393 e. The number of aliphatic hydroxyl groups excluding tert-OH is 1. The average Bonchev–Trinajstić information content (AvgIpc) is 2.83. The van der Waals surface area contributed by atoms with Crippen LogP contribution in [0.3, 0.4) is 0 Å². The minimum absolute atomic E-state index is 0.0653. The van der Waals surface area contributed by atoms with Crippen LogP contribution in [0.1, 0.15) is 78.6 Å². The Hall–Kier alpha value is -0.570. The molecule has 4 rings (SSSR count). The van der Waals surface area contributed by atoms with Crippen molar-refractivity contribution in [3.05, 3.63) is 0 Å². The van der Waals surface area contributed by atoms with Crippen LogP contribution in [0.2, 0.25) is 0 Å². The number of hydrogen-bond donors (Lipinski definition) is 2. The maximum absolute atomic E-state index is 11.4. The topological polar surface area (TPSA) is 49.3 Å². The fourth-order valence-corrected chi connectivity index (χ4v) is 7.65. The Bertz CT molecular complexity index is 520. The highest BCUT2D eigenvalue weighted by atomic mass is 16.3. The molecular formula is C21H35NO2. The number of nitrogens with one attached hydrogen (secondary N) is 1. The lowest BCUT2D eigenvalue weighted by molar-refractivity contribution is -0.129. The lowest BCUT2D eigenvalue weighted by Gasteiger charge is -2.61. The van der Waals surface area contributed by atoms with E-state index in [9.17, 15) is 9.90 Å². The zero-order valence-corrected chi connectivity index (χ0v) is 15.7. The smallest absolute Gasteiger partial charge is 0.217 e. The molecule has 4 saturated carbocycles. The number of fused-ring (bicyclic) bond motifs is 5. The van der Waals surface area contributed by atoms with E-state index < -0.39 is 0 Å². The van der Waals surface area contributed by atoms with Crippen LogP contribution >= 0.6 is 0 Å². The molecule has 136 valence electrons. The molecule has 0 unspecified atom stereocenters. The van der Waals surface area contributed by atoms with Crippen LogP contribution in [-0.4, -0.2) is 23.2 Å². The maximum atomic E-state index is 11.4. The summed E-state index contributed by atoms with van der Waals surface area (Å²) >= 11 is 0. The van der Waals surface area contributed by atoms with Gasteiger partial charge in [-0.1, -0.05) is 13.8 Å². The lowest BCUT2D eigenvalue weighted by Crippen LogP contribution is -2.55. The molecular weight excluding hydrogens is 298 g/mol. The van der Waals surface area contributed by atoms with Gasteiger partial charge in [0.2, 0.25) is 5.91 Å². The second kappa shape index (κ2) is 5.72. The SMILES string of the molecule is CC(=O)N[C@@H]1CC[C@@]2(C)[C@H](CC[C@@H]3[C@@H]2CC[C@]2(C)[C@@H](O)CC[C@@H]32)C1. The van der Waals surface area contributed by atoms with E-state index in [2.05, 4.69) is 19.2 Å². The Morgan fingerprint density at radius 3 is 2.42 bits per heavy atom. The Morgan fingerprint density at radius 1 is 0.958 bits per heavy atom. The Morgan fingerprint density at radius 2 is 1.67 bits per heavy atom. The van der Waals surface area contributed by atoms with E-state index >= 15 is 0 Å². The van der Waals surface area contributed by atoms with Crippen LogP contribution in [0.5, 0.6) is 0 Å². The third-order valence-corrected chi connectivity index (χ3v) is 9.02. The van der Waals surface area contributed by atoms with Crippen LogP contribution in [0.25, 0.3) is 0 Å². The van der Waals surface area contributed by atoms with Crippen molar-refractivity contribution in [3.63, 3.8) is 0 Å². The van der Waals surface area contributed by atoms with Crippen LogP contribution in [-0.2, 0) is 4.79 Å². The number of amides is 1. The van der Waals surface area contributed by atoms with Gasteiger partial charge in [0.05, 0.1) is 6.10 Å². The minimum atomic E-state index is -0.0653. The van der Waals surface area contributed by atoms with E-state index in [0.29, 0.717) is 11.5 Å². The predicted octanol–water partition coefficient (Wildman–Crippen LogP) is 3.89. The molecule has 0 aromatic heterocycles. The van der Waals surface area contributed by atoms with Gasteiger partial charge in [0.25, 0.3) is 0 Å². The van der Waals surface area contributed by atoms with Gasteiger partial charge < -0.3 is 10.4 Å². The number of hydrogen-bond acceptors (Lipinski definition) is 2. The van der Waals surface area contributed by atoms with Crippen molar-refractivity contribution in [2.75, 3.05) is 0 Å². The highest BCUT2D eigenvalue weighted by molar-refractivity contribution is 5.73. The van der Waals surface area contributed by atoms with Gasteiger partial charge in [-0.15, -0.1) is 0 Å². The molecule has 0 aliphatic heterocycles. The van der Waals surface area contributed by atoms with E-state index in [1.807, 2.05) is 0 Å². The van der Waals surface area contributed by atoms with E-state index in [1.54, 1.807) is 6.92 Å². The third kappa shape index (κ3) is 2.37. The molecule has 3 heteroatoms. The van der Waals surface area contributed by atoms with E-state index in [4.69, 9.17) is 0 Å². The van der Waals surface area contributed by atoms with Crippen molar-refractivity contribution in [2.45, 2.75) is 90.7 Å². The lowest BCUT2D eigenvalue weighted by atomic mass is 9.45. The van der Waals surface area contributed by atoms with Crippen LogP contribution < -0.4 is 5.32 Å².